The number of nitrogens with zero attached hydrogens (tertiary/aromatic N) is 2. The number of ether oxygens (including phenoxy) is 2. The van der Waals surface area contributed by atoms with Gasteiger partial charge in [0.05, 0.1) is 10.2 Å². The first-order valence-corrected chi connectivity index (χ1v) is 9.80. The van der Waals surface area contributed by atoms with Crippen molar-refractivity contribution in [3.05, 3.63) is 53.6 Å². The van der Waals surface area contributed by atoms with Crippen LogP contribution in [0.25, 0.3) is 10.2 Å². The van der Waals surface area contributed by atoms with Gasteiger partial charge in [-0.2, -0.15) is 0 Å². The van der Waals surface area contributed by atoms with Gasteiger partial charge in [0.15, 0.2) is 18.3 Å². The molecular formula is C21H22N2O4S. The van der Waals surface area contributed by atoms with Gasteiger partial charge < -0.3 is 9.47 Å². The number of rotatable bonds is 7. The maximum absolute atomic E-state index is 12.5. The van der Waals surface area contributed by atoms with Crippen molar-refractivity contribution < 1.29 is 19.1 Å². The van der Waals surface area contributed by atoms with Gasteiger partial charge in [-0.05, 0) is 56.2 Å². The number of amides is 1. The summed E-state index contributed by atoms with van der Waals surface area (Å²) in [5.74, 6) is -0.306. The molecule has 1 heterocycles. The molecule has 0 bridgehead atoms. The Morgan fingerprint density at radius 3 is 2.46 bits per heavy atom. The second-order valence-corrected chi connectivity index (χ2v) is 7.38. The van der Waals surface area contributed by atoms with Gasteiger partial charge in [-0.15, -0.1) is 0 Å². The molecule has 0 spiro atoms. The molecule has 0 aliphatic rings. The Morgan fingerprint density at radius 1 is 1.07 bits per heavy atom. The minimum atomic E-state index is -0.590. The number of aromatic nitrogens is 1. The predicted molar refractivity (Wildman–Crippen MR) is 110 cm³/mol. The highest BCUT2D eigenvalue weighted by Crippen LogP contribution is 2.28. The number of likely N-dealkylation sites (N-methyl/N-ethyl adjacent to an activating group) is 1. The lowest BCUT2D eigenvalue weighted by Crippen LogP contribution is -2.35. The Hall–Kier alpha value is -2.93. The number of aryl methyl sites for hydroxylation is 2. The average molecular weight is 398 g/mol. The fourth-order valence-electron chi connectivity index (χ4n) is 2.81. The van der Waals surface area contributed by atoms with Crippen LogP contribution in [-0.4, -0.2) is 36.6 Å². The van der Waals surface area contributed by atoms with Gasteiger partial charge in [0, 0.05) is 6.54 Å². The highest BCUT2D eigenvalue weighted by molar-refractivity contribution is 7.22. The van der Waals surface area contributed by atoms with Gasteiger partial charge in [-0.1, -0.05) is 29.5 Å². The molecule has 2 aromatic carbocycles. The van der Waals surface area contributed by atoms with Gasteiger partial charge in [0.1, 0.15) is 5.75 Å². The zero-order chi connectivity index (χ0) is 20.1. The molecule has 0 aliphatic heterocycles. The van der Waals surface area contributed by atoms with Crippen LogP contribution in [0.15, 0.2) is 42.5 Å². The fourth-order valence-corrected chi connectivity index (χ4v) is 3.86. The molecule has 3 aromatic rings. The Bertz CT molecular complexity index is 946. The molecule has 146 valence electrons. The number of carbonyl (C=O) groups is 2. The van der Waals surface area contributed by atoms with E-state index >= 15 is 0 Å². The van der Waals surface area contributed by atoms with Gasteiger partial charge in [-0.3, -0.25) is 9.69 Å². The van der Waals surface area contributed by atoms with Gasteiger partial charge in [-0.25, -0.2) is 9.78 Å². The quantitative estimate of drug-likeness (QED) is 0.565. The molecule has 0 aliphatic carbocycles. The molecule has 0 saturated carbocycles. The van der Waals surface area contributed by atoms with Crippen molar-refractivity contribution in [3.63, 3.8) is 0 Å². The summed E-state index contributed by atoms with van der Waals surface area (Å²) in [6, 6.07) is 13.4. The highest BCUT2D eigenvalue weighted by Gasteiger charge is 2.19. The van der Waals surface area contributed by atoms with E-state index in [2.05, 4.69) is 4.98 Å². The van der Waals surface area contributed by atoms with Crippen LogP contribution in [-0.2, 0) is 14.3 Å². The molecular weight excluding hydrogens is 376 g/mol. The summed E-state index contributed by atoms with van der Waals surface area (Å²) in [5.41, 5.74) is 2.94. The summed E-state index contributed by atoms with van der Waals surface area (Å²) in [6.45, 7) is 5.61. The first kappa shape index (κ1) is 19.8. The van der Waals surface area contributed by atoms with E-state index < -0.39 is 5.97 Å². The summed E-state index contributed by atoms with van der Waals surface area (Å²) in [6.07, 6.45) is 0. The molecule has 6 nitrogen and oxygen atoms in total. The summed E-state index contributed by atoms with van der Waals surface area (Å²) in [7, 11) is 0. The maximum Gasteiger partial charge on any atom is 0.344 e. The first-order chi connectivity index (χ1) is 13.5. The SMILES string of the molecule is CCN(C(=O)COC(=O)COc1cc(C)cc(C)c1)c1nc2ccccc2s1. The van der Waals surface area contributed by atoms with E-state index in [1.54, 1.807) is 0 Å². The van der Waals surface area contributed by atoms with Crippen LogP contribution in [0, 0.1) is 13.8 Å². The molecule has 7 heteroatoms. The number of hydrogen-bond donors (Lipinski definition) is 0. The molecule has 0 saturated heterocycles. The normalized spacial score (nSPS) is 10.7. The predicted octanol–water partition coefficient (Wildman–Crippen LogP) is 3.89. The second-order valence-electron chi connectivity index (χ2n) is 6.37. The monoisotopic (exact) mass is 398 g/mol. The van der Waals surface area contributed by atoms with Gasteiger partial charge in [0.25, 0.3) is 5.91 Å². The number of anilines is 1. The van der Waals surface area contributed by atoms with Crippen LogP contribution in [0.5, 0.6) is 5.75 Å². The smallest absolute Gasteiger partial charge is 0.344 e. The average Bonchev–Trinajstić information content (AvgIpc) is 3.08. The second kappa shape index (κ2) is 8.84. The van der Waals surface area contributed by atoms with E-state index in [1.807, 2.05) is 63.2 Å². The van der Waals surface area contributed by atoms with E-state index in [-0.39, 0.29) is 19.1 Å². The third-order valence-electron chi connectivity index (χ3n) is 4.04. The highest BCUT2D eigenvalue weighted by atomic mass is 32.1. The standard InChI is InChI=1S/C21H22N2O4S/c1-4-23(21-22-17-7-5-6-8-18(17)28-21)19(24)12-27-20(25)13-26-16-10-14(2)9-15(3)11-16/h5-11H,4,12-13H2,1-3H3. The lowest BCUT2D eigenvalue weighted by Gasteiger charge is -2.17. The minimum Gasteiger partial charge on any atom is -0.482 e. The molecule has 0 unspecified atom stereocenters. The van der Waals surface area contributed by atoms with Gasteiger partial charge in [0.2, 0.25) is 0 Å². The van der Waals surface area contributed by atoms with Crippen molar-refractivity contribution in [2.75, 3.05) is 24.7 Å². The van der Waals surface area contributed by atoms with Crippen LogP contribution in [0.1, 0.15) is 18.1 Å². The van der Waals surface area contributed by atoms with E-state index in [1.165, 1.54) is 16.2 Å². The summed E-state index contributed by atoms with van der Waals surface area (Å²) in [4.78, 5) is 30.4. The van der Waals surface area contributed by atoms with Crippen molar-refractivity contribution in [2.24, 2.45) is 0 Å². The molecule has 1 aromatic heterocycles. The number of hydrogen-bond acceptors (Lipinski definition) is 6. The van der Waals surface area contributed by atoms with Crippen LogP contribution >= 0.6 is 11.3 Å². The fraction of sp³-hybridized carbons (Fsp3) is 0.286. The molecule has 28 heavy (non-hydrogen) atoms. The lowest BCUT2D eigenvalue weighted by atomic mass is 10.1. The van der Waals surface area contributed by atoms with Crippen molar-refractivity contribution in [2.45, 2.75) is 20.8 Å². The van der Waals surface area contributed by atoms with E-state index in [4.69, 9.17) is 9.47 Å². The maximum atomic E-state index is 12.5. The third-order valence-corrected chi connectivity index (χ3v) is 5.10. The zero-order valence-corrected chi connectivity index (χ0v) is 16.9. The molecule has 0 N–H and O–H groups in total. The zero-order valence-electron chi connectivity index (χ0n) is 16.1. The Balaban J connectivity index is 1.55. The molecule has 0 atom stereocenters. The summed E-state index contributed by atoms with van der Waals surface area (Å²) in [5, 5.41) is 0.594. The Morgan fingerprint density at radius 2 is 1.79 bits per heavy atom. The molecule has 0 fully saturated rings. The number of esters is 1. The molecule has 0 radical (unpaired) electrons. The number of carbonyl (C=O) groups excluding carboxylic acids is 2. The molecule has 1 amide bonds. The lowest BCUT2D eigenvalue weighted by molar-refractivity contribution is -0.149. The van der Waals surface area contributed by atoms with Crippen molar-refractivity contribution >= 4 is 38.6 Å². The van der Waals surface area contributed by atoms with E-state index in [0.717, 1.165) is 21.3 Å². The molecule has 3 rings (SSSR count). The third kappa shape index (κ3) is 4.86. The summed E-state index contributed by atoms with van der Waals surface area (Å²) < 4.78 is 11.6. The topological polar surface area (TPSA) is 68.7 Å². The number of thiazole rings is 1. The van der Waals surface area contributed by atoms with E-state index in [0.29, 0.717) is 17.4 Å². The van der Waals surface area contributed by atoms with E-state index in [9.17, 15) is 9.59 Å². The Kier molecular flexibility index (Phi) is 6.26. The number of benzene rings is 2. The van der Waals surface area contributed by atoms with Crippen molar-refractivity contribution in [3.8, 4) is 5.75 Å². The van der Waals surface area contributed by atoms with Crippen molar-refractivity contribution in [1.29, 1.82) is 0 Å². The van der Waals surface area contributed by atoms with Gasteiger partial charge >= 0.3 is 5.97 Å². The van der Waals surface area contributed by atoms with Crippen LogP contribution in [0.2, 0.25) is 0 Å². The first-order valence-electron chi connectivity index (χ1n) is 8.99. The van der Waals surface area contributed by atoms with Crippen LogP contribution < -0.4 is 9.64 Å². The number of para-hydroxylation sites is 1. The minimum absolute atomic E-state index is 0.247. The van der Waals surface area contributed by atoms with Crippen molar-refractivity contribution in [1.82, 2.24) is 4.98 Å². The largest absolute Gasteiger partial charge is 0.482 e. The number of fused-ring (bicyclic) bond motifs is 1. The Labute approximate surface area is 167 Å². The summed E-state index contributed by atoms with van der Waals surface area (Å²) >= 11 is 1.43. The van der Waals surface area contributed by atoms with Crippen LogP contribution in [0.4, 0.5) is 5.13 Å². The van der Waals surface area contributed by atoms with Crippen LogP contribution in [0.3, 0.4) is 0 Å².